The number of ether oxygens (including phenoxy) is 1. The van der Waals surface area contributed by atoms with Crippen molar-refractivity contribution in [2.24, 2.45) is 7.05 Å². The van der Waals surface area contributed by atoms with E-state index in [1.54, 1.807) is 0 Å². The summed E-state index contributed by atoms with van der Waals surface area (Å²) in [5, 5.41) is 4.42. The number of aryl methyl sites for hydroxylation is 1. The van der Waals surface area contributed by atoms with Crippen molar-refractivity contribution in [2.45, 2.75) is 20.4 Å². The molecule has 0 bridgehead atoms. The van der Waals surface area contributed by atoms with Gasteiger partial charge in [-0.25, -0.2) is 14.5 Å². The maximum Gasteiger partial charge on any atom is 0.352 e. The lowest BCUT2D eigenvalue weighted by Gasteiger charge is -2.14. The number of para-hydroxylation sites is 1. The Balaban J connectivity index is 2.34. The van der Waals surface area contributed by atoms with Crippen molar-refractivity contribution < 1.29 is 4.74 Å². The molecule has 0 spiro atoms. The van der Waals surface area contributed by atoms with Gasteiger partial charge in [-0.15, -0.1) is 0 Å². The Morgan fingerprint density at radius 3 is 2.58 bits per heavy atom. The number of nitrogens with zero attached hydrogens (tertiary/aromatic N) is 5. The number of hydrogen-bond acceptors (Lipinski definition) is 6. The number of hydrogen-bond donors (Lipinski definition) is 0. The molecule has 8 nitrogen and oxygen atoms in total. The third-order valence-electron chi connectivity index (χ3n) is 3.61. The van der Waals surface area contributed by atoms with E-state index in [4.69, 9.17) is 4.74 Å². The van der Waals surface area contributed by atoms with Gasteiger partial charge < -0.3 is 4.74 Å². The summed E-state index contributed by atoms with van der Waals surface area (Å²) in [5.41, 5.74) is -0.336. The second kappa shape index (κ2) is 6.23. The smallest absolute Gasteiger partial charge is 0.352 e. The minimum atomic E-state index is -0.624. The third-order valence-corrected chi connectivity index (χ3v) is 3.61. The molecule has 8 heteroatoms. The Kier molecular flexibility index (Phi) is 4.11. The first-order valence-corrected chi connectivity index (χ1v) is 7.64. The van der Waals surface area contributed by atoms with Crippen LogP contribution in [0.2, 0.25) is 0 Å². The van der Waals surface area contributed by atoms with E-state index in [0.717, 1.165) is 4.57 Å². The number of rotatable bonds is 4. The van der Waals surface area contributed by atoms with E-state index < -0.39 is 11.2 Å². The Hall–Kier alpha value is -3.03. The lowest BCUT2D eigenvalue weighted by atomic mass is 10.2. The molecule has 2 heterocycles. The highest BCUT2D eigenvalue weighted by molar-refractivity contribution is 5.66. The standard InChI is InChI=1S/C16H17N5O3/c1-4-21-14-12(15(22)20(3)16(23)18-14)17-13(19-21)10-8-6-7-9-11(10)24-5-2/h6-9H,4-5H2,1-3H3. The summed E-state index contributed by atoms with van der Waals surface area (Å²) in [5.74, 6) is 1.17. The second-order valence-electron chi connectivity index (χ2n) is 5.11. The first-order chi connectivity index (χ1) is 11.6. The van der Waals surface area contributed by atoms with E-state index >= 15 is 0 Å². The van der Waals surface area contributed by atoms with Crippen LogP contribution in [-0.4, -0.2) is 30.9 Å². The predicted molar refractivity (Wildman–Crippen MR) is 88.2 cm³/mol. The van der Waals surface area contributed by atoms with Gasteiger partial charge in [-0.1, -0.05) is 12.1 Å². The number of fused-ring (bicyclic) bond motifs is 1. The topological polar surface area (TPSA) is 91.9 Å². The molecule has 1 aromatic rings. The predicted octanol–water partition coefficient (Wildman–Crippen LogP) is 0.922. The summed E-state index contributed by atoms with van der Waals surface area (Å²) in [6.45, 7) is 4.69. The van der Waals surface area contributed by atoms with Gasteiger partial charge in [-0.2, -0.15) is 10.1 Å². The van der Waals surface area contributed by atoms with E-state index in [0.29, 0.717) is 30.3 Å². The first-order valence-electron chi connectivity index (χ1n) is 7.64. The van der Waals surface area contributed by atoms with Crippen LogP contribution in [0.25, 0.3) is 22.9 Å². The second-order valence-corrected chi connectivity index (χ2v) is 5.11. The molecule has 3 rings (SSSR count). The van der Waals surface area contributed by atoms with Crippen LogP contribution in [0.15, 0.2) is 33.9 Å². The summed E-state index contributed by atoms with van der Waals surface area (Å²) >= 11 is 0. The zero-order valence-corrected chi connectivity index (χ0v) is 13.7. The lowest BCUT2D eigenvalue weighted by molar-refractivity contribution is 0.341. The third kappa shape index (κ3) is 2.55. The van der Waals surface area contributed by atoms with Gasteiger partial charge >= 0.3 is 5.69 Å². The average molecular weight is 327 g/mol. The molecule has 0 radical (unpaired) electrons. The number of aromatic nitrogens is 5. The van der Waals surface area contributed by atoms with Crippen LogP contribution >= 0.6 is 0 Å². The van der Waals surface area contributed by atoms with Crippen LogP contribution in [0, 0.1) is 0 Å². The molecule has 0 saturated carbocycles. The quantitative estimate of drug-likeness (QED) is 0.707. The fraction of sp³-hybridized carbons (Fsp3) is 0.312. The van der Waals surface area contributed by atoms with Crippen molar-refractivity contribution in [3.05, 3.63) is 45.1 Å². The molecule has 0 aliphatic carbocycles. The first kappa shape index (κ1) is 15.9. The van der Waals surface area contributed by atoms with Crippen molar-refractivity contribution in [3.8, 4) is 28.7 Å². The van der Waals surface area contributed by atoms with Crippen LogP contribution in [0.4, 0.5) is 0 Å². The molecule has 0 aromatic heterocycles. The molecule has 2 aliphatic heterocycles. The van der Waals surface area contributed by atoms with E-state index in [1.165, 1.54) is 11.7 Å². The van der Waals surface area contributed by atoms with E-state index in [1.807, 2.05) is 38.1 Å². The minimum absolute atomic E-state index is 0.107. The summed E-state index contributed by atoms with van der Waals surface area (Å²) < 4.78 is 8.05. The van der Waals surface area contributed by atoms with Gasteiger partial charge in [0.05, 0.1) is 12.2 Å². The summed E-state index contributed by atoms with van der Waals surface area (Å²) in [6, 6.07) is 7.35. The van der Waals surface area contributed by atoms with Crippen molar-refractivity contribution in [3.63, 3.8) is 0 Å². The Morgan fingerprint density at radius 2 is 1.88 bits per heavy atom. The van der Waals surface area contributed by atoms with E-state index in [-0.39, 0.29) is 11.5 Å². The fourth-order valence-electron chi connectivity index (χ4n) is 2.39. The molecular weight excluding hydrogens is 310 g/mol. The normalized spacial score (nSPS) is 11.0. The van der Waals surface area contributed by atoms with Gasteiger partial charge in [0.15, 0.2) is 17.3 Å². The monoisotopic (exact) mass is 327 g/mol. The van der Waals surface area contributed by atoms with Gasteiger partial charge in [0, 0.05) is 13.6 Å². The highest BCUT2D eigenvalue weighted by atomic mass is 16.5. The Bertz CT molecular complexity index is 976. The van der Waals surface area contributed by atoms with Crippen molar-refractivity contribution >= 4 is 0 Å². The maximum absolute atomic E-state index is 12.4. The molecule has 0 fully saturated rings. The minimum Gasteiger partial charge on any atom is -0.493 e. The fourth-order valence-corrected chi connectivity index (χ4v) is 2.39. The molecule has 24 heavy (non-hydrogen) atoms. The van der Waals surface area contributed by atoms with Gasteiger partial charge in [0.1, 0.15) is 5.75 Å². The molecule has 0 atom stereocenters. The molecule has 0 N–H and O–H groups in total. The Morgan fingerprint density at radius 1 is 1.12 bits per heavy atom. The van der Waals surface area contributed by atoms with Crippen LogP contribution in [0.1, 0.15) is 13.8 Å². The molecular formula is C16H17N5O3. The largest absolute Gasteiger partial charge is 0.493 e. The van der Waals surface area contributed by atoms with Crippen LogP contribution < -0.4 is 16.0 Å². The lowest BCUT2D eigenvalue weighted by Crippen LogP contribution is -2.37. The molecule has 0 amide bonds. The van der Waals surface area contributed by atoms with Crippen LogP contribution in [0.5, 0.6) is 5.75 Å². The number of benzene rings is 1. The van der Waals surface area contributed by atoms with Crippen LogP contribution in [0.3, 0.4) is 0 Å². The highest BCUT2D eigenvalue weighted by Crippen LogP contribution is 2.28. The van der Waals surface area contributed by atoms with Gasteiger partial charge in [-0.3, -0.25) is 9.36 Å². The molecule has 0 unspecified atom stereocenters. The SMILES string of the molecule is CCOc1ccccc1-c1nc2c(=O)n(C)c(=O)nc-2n(CC)n1. The van der Waals surface area contributed by atoms with Crippen molar-refractivity contribution in [1.29, 1.82) is 0 Å². The molecule has 124 valence electrons. The summed E-state index contributed by atoms with van der Waals surface area (Å²) in [6.07, 6.45) is 0. The summed E-state index contributed by atoms with van der Waals surface area (Å²) in [4.78, 5) is 32.4. The van der Waals surface area contributed by atoms with Gasteiger partial charge in [-0.05, 0) is 26.0 Å². The molecule has 1 aromatic carbocycles. The molecule has 2 aliphatic rings. The zero-order valence-electron chi connectivity index (χ0n) is 13.7. The van der Waals surface area contributed by atoms with Crippen molar-refractivity contribution in [2.75, 3.05) is 6.61 Å². The highest BCUT2D eigenvalue weighted by Gasteiger charge is 2.21. The van der Waals surface area contributed by atoms with E-state index in [9.17, 15) is 9.59 Å². The molecule has 0 saturated heterocycles. The zero-order chi connectivity index (χ0) is 17.3. The van der Waals surface area contributed by atoms with Gasteiger partial charge in [0.25, 0.3) is 5.56 Å². The average Bonchev–Trinajstić information content (AvgIpc) is 2.60. The maximum atomic E-state index is 12.4. The Labute approximate surface area is 137 Å². The van der Waals surface area contributed by atoms with E-state index in [2.05, 4.69) is 15.1 Å². The van der Waals surface area contributed by atoms with Crippen LogP contribution in [-0.2, 0) is 13.6 Å². The van der Waals surface area contributed by atoms with Gasteiger partial charge in [0.2, 0.25) is 0 Å². The van der Waals surface area contributed by atoms with Crippen molar-refractivity contribution in [1.82, 2.24) is 24.3 Å². The summed E-state index contributed by atoms with van der Waals surface area (Å²) in [7, 11) is 1.38.